The highest BCUT2D eigenvalue weighted by Gasteiger charge is 2.31. The van der Waals surface area contributed by atoms with Gasteiger partial charge in [-0.15, -0.1) is 0 Å². The normalized spacial score (nSPS) is 18.5. The zero-order valence-electron chi connectivity index (χ0n) is 26.7. The van der Waals surface area contributed by atoms with E-state index in [0.29, 0.717) is 17.5 Å². The lowest BCUT2D eigenvalue weighted by atomic mass is 9.71. The van der Waals surface area contributed by atoms with Crippen LogP contribution in [0.15, 0.2) is 161 Å². The first-order valence-electron chi connectivity index (χ1n) is 16.6. The Balaban J connectivity index is 1.22. The van der Waals surface area contributed by atoms with Crippen molar-refractivity contribution >= 4 is 49.5 Å². The van der Waals surface area contributed by atoms with Gasteiger partial charge in [0, 0.05) is 44.0 Å². The number of benzene rings is 5. The van der Waals surface area contributed by atoms with E-state index in [-0.39, 0.29) is 11.3 Å². The molecule has 0 aliphatic heterocycles. The van der Waals surface area contributed by atoms with Crippen molar-refractivity contribution in [1.82, 2.24) is 15.0 Å². The van der Waals surface area contributed by atoms with Crippen molar-refractivity contribution in [3.8, 4) is 33.9 Å². The Kier molecular flexibility index (Phi) is 6.00. The van der Waals surface area contributed by atoms with Crippen molar-refractivity contribution < 1.29 is 8.83 Å². The Bertz CT molecular complexity index is 2740. The summed E-state index contributed by atoms with van der Waals surface area (Å²) in [7, 11) is 0. The summed E-state index contributed by atoms with van der Waals surface area (Å²) >= 11 is 0. The first-order chi connectivity index (χ1) is 24.1. The molecule has 0 saturated carbocycles. The van der Waals surface area contributed by atoms with Gasteiger partial charge in [0.05, 0.1) is 5.56 Å². The van der Waals surface area contributed by atoms with Crippen LogP contribution in [0.5, 0.6) is 0 Å². The molecule has 5 nitrogen and oxygen atoms in total. The Labute approximate surface area is 282 Å². The summed E-state index contributed by atoms with van der Waals surface area (Å²) in [5.74, 6) is 1.94. The molecule has 0 radical (unpaired) electrons. The Morgan fingerprint density at radius 3 is 2.22 bits per heavy atom. The molecule has 49 heavy (non-hydrogen) atoms. The molecule has 3 heterocycles. The predicted molar refractivity (Wildman–Crippen MR) is 198 cm³/mol. The van der Waals surface area contributed by atoms with Crippen molar-refractivity contribution in [3.63, 3.8) is 0 Å². The average Bonchev–Trinajstić information content (AvgIpc) is 3.73. The number of hydrogen-bond donors (Lipinski definition) is 0. The summed E-state index contributed by atoms with van der Waals surface area (Å²) in [5, 5.41) is 4.08. The topological polar surface area (TPSA) is 65.0 Å². The van der Waals surface area contributed by atoms with Gasteiger partial charge in [0.1, 0.15) is 22.3 Å². The molecule has 0 N–H and O–H groups in total. The summed E-state index contributed by atoms with van der Waals surface area (Å²) < 4.78 is 12.9. The SMILES string of the molecule is CC12C=CC=CC1C=C(c1nc(-c3cccc4c3oc3ccccc34)nc(-c3cccc4oc5ccc(-c6ccccc6)cc5c34)n1)C=C2. The minimum atomic E-state index is -0.0887. The second-order valence-corrected chi connectivity index (χ2v) is 13.0. The fourth-order valence-corrected chi connectivity index (χ4v) is 7.33. The van der Waals surface area contributed by atoms with Crippen LogP contribution in [0.1, 0.15) is 12.7 Å². The van der Waals surface area contributed by atoms with E-state index in [4.69, 9.17) is 23.8 Å². The van der Waals surface area contributed by atoms with Gasteiger partial charge in [-0.2, -0.15) is 0 Å². The number of aromatic nitrogens is 3. The highest BCUT2D eigenvalue weighted by atomic mass is 16.3. The molecular formula is C44H29N3O2. The smallest absolute Gasteiger partial charge is 0.167 e. The van der Waals surface area contributed by atoms with E-state index in [2.05, 4.69) is 110 Å². The predicted octanol–water partition coefficient (Wildman–Crippen LogP) is 11.4. The van der Waals surface area contributed by atoms with Crippen molar-refractivity contribution in [1.29, 1.82) is 0 Å². The molecule has 5 heteroatoms. The Morgan fingerprint density at radius 1 is 0.571 bits per heavy atom. The highest BCUT2D eigenvalue weighted by molar-refractivity contribution is 6.13. The van der Waals surface area contributed by atoms with Gasteiger partial charge in [0.2, 0.25) is 0 Å². The second kappa shape index (κ2) is 10.6. The first kappa shape index (κ1) is 27.8. The third-order valence-electron chi connectivity index (χ3n) is 9.97. The van der Waals surface area contributed by atoms with Gasteiger partial charge in [-0.25, -0.2) is 15.0 Å². The summed E-state index contributed by atoms with van der Waals surface area (Å²) in [6, 6.07) is 37.1. The number of allylic oxidation sites excluding steroid dienone is 8. The maximum atomic E-state index is 6.46. The Morgan fingerprint density at radius 2 is 1.31 bits per heavy atom. The van der Waals surface area contributed by atoms with Crippen LogP contribution in [0.4, 0.5) is 0 Å². The van der Waals surface area contributed by atoms with E-state index in [0.717, 1.165) is 71.7 Å². The van der Waals surface area contributed by atoms with Crippen molar-refractivity contribution in [2.75, 3.05) is 0 Å². The number of nitrogens with zero attached hydrogens (tertiary/aromatic N) is 3. The standard InChI is InChI=1S/C44H29N3O2/c1-44-23-8-7-13-30(44)25-29(22-24-44)41-45-42(47-43(46-41)34-17-9-15-32-31-14-5-6-18-36(31)49-40(32)34)33-16-10-19-38-39(33)35-26-28(20-21-37(35)48-38)27-11-3-2-4-12-27/h2-26,30H,1H3. The molecule has 0 amide bonds. The molecule has 0 spiro atoms. The quantitative estimate of drug-likeness (QED) is 0.193. The summed E-state index contributed by atoms with van der Waals surface area (Å²) in [5.41, 5.74) is 8.03. The van der Waals surface area contributed by atoms with Crippen LogP contribution in [0.25, 0.3) is 83.4 Å². The lowest BCUT2D eigenvalue weighted by Crippen LogP contribution is -2.24. The number of fused-ring (bicyclic) bond motifs is 7. The van der Waals surface area contributed by atoms with Crippen LogP contribution in [0, 0.1) is 11.3 Å². The van der Waals surface area contributed by atoms with Gasteiger partial charge in [-0.1, -0.05) is 128 Å². The monoisotopic (exact) mass is 631 g/mol. The molecule has 8 aromatic rings. The summed E-state index contributed by atoms with van der Waals surface area (Å²) in [6.45, 7) is 2.25. The van der Waals surface area contributed by atoms with E-state index < -0.39 is 0 Å². The van der Waals surface area contributed by atoms with Gasteiger partial charge in [0.25, 0.3) is 0 Å². The zero-order valence-corrected chi connectivity index (χ0v) is 26.7. The lowest BCUT2D eigenvalue weighted by molar-refractivity contribution is 0.454. The molecule has 0 bridgehead atoms. The largest absolute Gasteiger partial charge is 0.456 e. The number of para-hydroxylation sites is 2. The first-order valence-corrected chi connectivity index (χ1v) is 16.6. The van der Waals surface area contributed by atoms with Crippen molar-refractivity contribution in [2.24, 2.45) is 11.3 Å². The van der Waals surface area contributed by atoms with E-state index >= 15 is 0 Å². The highest BCUT2D eigenvalue weighted by Crippen LogP contribution is 2.43. The maximum Gasteiger partial charge on any atom is 0.167 e. The van der Waals surface area contributed by atoms with E-state index in [9.17, 15) is 0 Å². The fourth-order valence-electron chi connectivity index (χ4n) is 7.33. The average molecular weight is 632 g/mol. The van der Waals surface area contributed by atoms with Crippen LogP contribution in [0.2, 0.25) is 0 Å². The lowest BCUT2D eigenvalue weighted by Gasteiger charge is -2.33. The zero-order chi connectivity index (χ0) is 32.5. The van der Waals surface area contributed by atoms with E-state index in [1.165, 1.54) is 0 Å². The van der Waals surface area contributed by atoms with Crippen LogP contribution >= 0.6 is 0 Å². The fraction of sp³-hybridized carbons (Fsp3) is 0.0682. The number of rotatable bonds is 4. The third-order valence-corrected chi connectivity index (χ3v) is 9.97. The van der Waals surface area contributed by atoms with Crippen molar-refractivity contribution in [3.05, 3.63) is 158 Å². The van der Waals surface area contributed by atoms with Gasteiger partial charge < -0.3 is 8.83 Å². The third kappa shape index (κ3) is 4.43. The molecule has 232 valence electrons. The second-order valence-electron chi connectivity index (χ2n) is 13.0. The van der Waals surface area contributed by atoms with Gasteiger partial charge in [-0.3, -0.25) is 0 Å². The number of furan rings is 2. The number of hydrogen-bond acceptors (Lipinski definition) is 5. The van der Waals surface area contributed by atoms with Crippen LogP contribution in [-0.2, 0) is 0 Å². The molecular weight excluding hydrogens is 603 g/mol. The molecule has 2 aliphatic carbocycles. The molecule has 2 unspecified atom stereocenters. The molecule has 2 atom stereocenters. The Hall–Kier alpha value is -6.33. The molecule has 0 saturated heterocycles. The minimum absolute atomic E-state index is 0.0887. The maximum absolute atomic E-state index is 6.46. The van der Waals surface area contributed by atoms with Gasteiger partial charge in [0.15, 0.2) is 17.5 Å². The summed E-state index contributed by atoms with van der Waals surface area (Å²) in [4.78, 5) is 15.5. The molecule has 0 fully saturated rings. The van der Waals surface area contributed by atoms with Crippen LogP contribution in [0.3, 0.4) is 0 Å². The van der Waals surface area contributed by atoms with E-state index in [1.54, 1.807) is 0 Å². The van der Waals surface area contributed by atoms with E-state index in [1.807, 2.05) is 48.5 Å². The summed E-state index contributed by atoms with van der Waals surface area (Å²) in [6.07, 6.45) is 15.4. The molecule has 10 rings (SSSR count). The van der Waals surface area contributed by atoms with Crippen LogP contribution in [-0.4, -0.2) is 15.0 Å². The molecule has 2 aliphatic rings. The molecule has 5 aromatic carbocycles. The molecule has 3 aromatic heterocycles. The van der Waals surface area contributed by atoms with Gasteiger partial charge >= 0.3 is 0 Å². The van der Waals surface area contributed by atoms with Crippen LogP contribution < -0.4 is 0 Å². The van der Waals surface area contributed by atoms with Gasteiger partial charge in [-0.05, 0) is 41.5 Å². The van der Waals surface area contributed by atoms with Crippen molar-refractivity contribution in [2.45, 2.75) is 6.92 Å². The minimum Gasteiger partial charge on any atom is -0.456 e.